The van der Waals surface area contributed by atoms with Gasteiger partial charge in [-0.3, -0.25) is 4.99 Å². The van der Waals surface area contributed by atoms with Gasteiger partial charge in [0.1, 0.15) is 0 Å². The van der Waals surface area contributed by atoms with Gasteiger partial charge >= 0.3 is 0 Å². The van der Waals surface area contributed by atoms with E-state index < -0.39 is 0 Å². The first-order valence-corrected chi connectivity index (χ1v) is 7.98. The molecule has 1 saturated heterocycles. The number of halogens is 1. The van der Waals surface area contributed by atoms with Crippen molar-refractivity contribution in [3.05, 3.63) is 0 Å². The molecule has 1 aliphatic carbocycles. The minimum atomic E-state index is 0. The normalized spacial score (nSPS) is 22.0. The molecule has 1 heterocycles. The number of guanidine groups is 1. The van der Waals surface area contributed by atoms with E-state index in [4.69, 9.17) is 9.47 Å². The van der Waals surface area contributed by atoms with Gasteiger partial charge in [-0.05, 0) is 38.5 Å². The fourth-order valence-electron chi connectivity index (χ4n) is 2.29. The predicted molar refractivity (Wildman–Crippen MR) is 96.5 cm³/mol. The molecule has 2 aliphatic rings. The average molecular weight is 411 g/mol. The number of ether oxygens (including phenoxy) is 2. The second kappa shape index (κ2) is 10.6. The molecule has 1 unspecified atom stereocenters. The first kappa shape index (κ1) is 19.0. The molecule has 1 atom stereocenters. The molecule has 1 saturated carbocycles. The first-order chi connectivity index (χ1) is 9.79. The highest BCUT2D eigenvalue weighted by molar-refractivity contribution is 14.0. The van der Waals surface area contributed by atoms with Gasteiger partial charge in [0, 0.05) is 33.4 Å². The lowest BCUT2D eigenvalue weighted by atomic mass is 10.2. The van der Waals surface area contributed by atoms with Gasteiger partial charge in [0.15, 0.2) is 5.96 Å². The summed E-state index contributed by atoms with van der Waals surface area (Å²) in [6.45, 7) is 7.21. The highest BCUT2D eigenvalue weighted by Gasteiger charge is 2.21. The number of hydrogen-bond acceptors (Lipinski definition) is 3. The predicted octanol–water partition coefficient (Wildman–Crippen LogP) is 2.11. The zero-order valence-electron chi connectivity index (χ0n) is 13.3. The average Bonchev–Trinajstić information content (AvgIpc) is 3.13. The second-order valence-electron chi connectivity index (χ2n) is 5.77. The zero-order valence-corrected chi connectivity index (χ0v) is 15.7. The van der Waals surface area contributed by atoms with E-state index in [0.717, 1.165) is 57.8 Å². The third kappa shape index (κ3) is 7.65. The van der Waals surface area contributed by atoms with E-state index in [9.17, 15) is 0 Å². The third-order valence-electron chi connectivity index (χ3n) is 3.79. The fourth-order valence-corrected chi connectivity index (χ4v) is 2.29. The van der Waals surface area contributed by atoms with Gasteiger partial charge in [-0.25, -0.2) is 0 Å². The number of aliphatic imine (C=N–C) groups is 1. The van der Waals surface area contributed by atoms with E-state index in [1.807, 2.05) is 0 Å². The van der Waals surface area contributed by atoms with Crippen LogP contribution in [0.1, 0.15) is 32.6 Å². The highest BCUT2D eigenvalue weighted by atomic mass is 127. The molecule has 5 nitrogen and oxygen atoms in total. The maximum atomic E-state index is 5.69. The summed E-state index contributed by atoms with van der Waals surface area (Å²) in [7, 11) is 2.07. The van der Waals surface area contributed by atoms with Crippen LogP contribution >= 0.6 is 24.0 Å². The molecule has 0 radical (unpaired) electrons. The molecule has 2 rings (SSSR count). The van der Waals surface area contributed by atoms with Crippen LogP contribution in [0.5, 0.6) is 0 Å². The molecule has 124 valence electrons. The van der Waals surface area contributed by atoms with Crippen molar-refractivity contribution in [2.75, 3.05) is 46.5 Å². The summed E-state index contributed by atoms with van der Waals surface area (Å²) < 4.78 is 11.3. The first-order valence-electron chi connectivity index (χ1n) is 7.98. The van der Waals surface area contributed by atoms with Crippen molar-refractivity contribution in [3.63, 3.8) is 0 Å². The van der Waals surface area contributed by atoms with Crippen LogP contribution in [0, 0.1) is 5.92 Å². The van der Waals surface area contributed by atoms with Crippen molar-refractivity contribution in [1.82, 2.24) is 10.2 Å². The van der Waals surface area contributed by atoms with Crippen molar-refractivity contribution in [2.45, 2.75) is 38.7 Å². The van der Waals surface area contributed by atoms with Crippen molar-refractivity contribution < 1.29 is 9.47 Å². The summed E-state index contributed by atoms with van der Waals surface area (Å²) in [6.07, 6.45) is 5.31. The summed E-state index contributed by atoms with van der Waals surface area (Å²) in [4.78, 5) is 6.82. The van der Waals surface area contributed by atoms with Crippen LogP contribution in [0.15, 0.2) is 4.99 Å². The lowest BCUT2D eigenvalue weighted by Crippen LogP contribution is -2.41. The lowest BCUT2D eigenvalue weighted by molar-refractivity contribution is 0.113. The smallest absolute Gasteiger partial charge is 0.193 e. The molecule has 0 amide bonds. The van der Waals surface area contributed by atoms with E-state index in [0.29, 0.717) is 6.10 Å². The van der Waals surface area contributed by atoms with Gasteiger partial charge in [0.05, 0.1) is 19.3 Å². The Balaban J connectivity index is 0.00000220. The van der Waals surface area contributed by atoms with Crippen LogP contribution in [-0.2, 0) is 9.47 Å². The van der Waals surface area contributed by atoms with Crippen molar-refractivity contribution in [3.8, 4) is 0 Å². The Hall–Kier alpha value is -0.0800. The Kier molecular flexibility index (Phi) is 9.59. The molecule has 6 heteroatoms. The Morgan fingerprint density at radius 2 is 2.19 bits per heavy atom. The largest absolute Gasteiger partial charge is 0.379 e. The van der Waals surface area contributed by atoms with Crippen LogP contribution in [0.4, 0.5) is 0 Å². The molecule has 1 N–H and O–H groups in total. The van der Waals surface area contributed by atoms with Crippen LogP contribution in [0.2, 0.25) is 0 Å². The monoisotopic (exact) mass is 411 g/mol. The minimum Gasteiger partial charge on any atom is -0.379 e. The van der Waals surface area contributed by atoms with Gasteiger partial charge in [0.25, 0.3) is 0 Å². The number of likely N-dealkylation sites (N-methyl/N-ethyl adjacent to an activating group) is 1. The fraction of sp³-hybridized carbons (Fsp3) is 0.933. The molecule has 21 heavy (non-hydrogen) atoms. The number of nitrogens with zero attached hydrogens (tertiary/aromatic N) is 2. The Morgan fingerprint density at radius 3 is 2.81 bits per heavy atom. The molecule has 0 spiro atoms. The van der Waals surface area contributed by atoms with Crippen molar-refractivity contribution >= 4 is 29.9 Å². The van der Waals surface area contributed by atoms with E-state index in [2.05, 4.69) is 29.2 Å². The topological polar surface area (TPSA) is 46.1 Å². The maximum absolute atomic E-state index is 5.69. The van der Waals surface area contributed by atoms with Gasteiger partial charge in [-0.1, -0.05) is 0 Å². The third-order valence-corrected chi connectivity index (χ3v) is 3.79. The van der Waals surface area contributed by atoms with Gasteiger partial charge in [-0.2, -0.15) is 0 Å². The van der Waals surface area contributed by atoms with Gasteiger partial charge in [-0.15, -0.1) is 24.0 Å². The van der Waals surface area contributed by atoms with E-state index in [-0.39, 0.29) is 24.0 Å². The molecule has 2 fully saturated rings. The van der Waals surface area contributed by atoms with E-state index in [1.54, 1.807) is 0 Å². The summed E-state index contributed by atoms with van der Waals surface area (Å²) in [5.41, 5.74) is 0. The zero-order chi connectivity index (χ0) is 14.2. The van der Waals surface area contributed by atoms with Gasteiger partial charge in [0.2, 0.25) is 0 Å². The van der Waals surface area contributed by atoms with Crippen molar-refractivity contribution in [2.24, 2.45) is 10.9 Å². The maximum Gasteiger partial charge on any atom is 0.193 e. The van der Waals surface area contributed by atoms with Crippen LogP contribution < -0.4 is 5.32 Å². The van der Waals surface area contributed by atoms with Crippen LogP contribution in [0.3, 0.4) is 0 Å². The summed E-state index contributed by atoms with van der Waals surface area (Å²) in [6, 6.07) is 0. The van der Waals surface area contributed by atoms with Crippen LogP contribution in [0.25, 0.3) is 0 Å². The number of nitrogens with one attached hydrogen (secondary N) is 1. The number of hydrogen-bond donors (Lipinski definition) is 1. The standard InChI is InChI=1S/C15H29N3O2.HI/c1-3-16-15(17-11-14-5-4-9-20-14)18(2)8-10-19-12-13-6-7-13;/h13-14H,3-12H2,1-2H3,(H,16,17);1H. The van der Waals surface area contributed by atoms with Crippen molar-refractivity contribution in [1.29, 1.82) is 0 Å². The highest BCUT2D eigenvalue weighted by Crippen LogP contribution is 2.28. The quantitative estimate of drug-likeness (QED) is 0.288. The molecule has 0 bridgehead atoms. The van der Waals surface area contributed by atoms with E-state index >= 15 is 0 Å². The SMILES string of the molecule is CCNC(=NCC1CCCO1)N(C)CCOCC1CC1.I. The molecular formula is C15H30IN3O2. The number of rotatable bonds is 8. The van der Waals surface area contributed by atoms with Crippen LogP contribution in [-0.4, -0.2) is 63.5 Å². The molecule has 1 aliphatic heterocycles. The molecular weight excluding hydrogens is 381 g/mol. The Bertz CT molecular complexity index is 305. The Morgan fingerprint density at radius 1 is 1.38 bits per heavy atom. The summed E-state index contributed by atoms with van der Waals surface area (Å²) >= 11 is 0. The minimum absolute atomic E-state index is 0. The second-order valence-corrected chi connectivity index (χ2v) is 5.77. The summed E-state index contributed by atoms with van der Waals surface area (Å²) in [5.74, 6) is 1.79. The van der Waals surface area contributed by atoms with Gasteiger partial charge < -0.3 is 19.7 Å². The lowest BCUT2D eigenvalue weighted by Gasteiger charge is -2.22. The van der Waals surface area contributed by atoms with E-state index in [1.165, 1.54) is 19.3 Å². The molecule has 0 aromatic heterocycles. The molecule has 0 aromatic rings. The Labute approximate surface area is 145 Å². The molecule has 0 aromatic carbocycles. The summed E-state index contributed by atoms with van der Waals surface area (Å²) in [5, 5.41) is 3.33.